The van der Waals surface area contributed by atoms with Crippen LogP contribution in [0.5, 0.6) is 0 Å². The van der Waals surface area contributed by atoms with Crippen LogP contribution in [0.15, 0.2) is 18.2 Å². The van der Waals surface area contributed by atoms with Crippen molar-refractivity contribution in [3.05, 3.63) is 29.6 Å². The molecule has 172 valence electrons. The molecule has 9 heteroatoms. The van der Waals surface area contributed by atoms with E-state index in [0.717, 1.165) is 42.8 Å². The summed E-state index contributed by atoms with van der Waals surface area (Å²) in [5.74, 6) is -1.62. The standard InChI is InChI=1S/C22H32FN3O4S/c1-4-31(29,30)25-14-20(27)26(18-12-11-16(2)19(23)13-18)22(3,15-25)21(28)24-17-9-7-5-6-8-10-17/h11-13,17H,4-10,14-15H2,1-3H3,(H,24,28). The number of anilines is 1. The second-order valence-electron chi connectivity index (χ2n) is 8.77. The number of sulfonamides is 1. The number of rotatable bonds is 5. The summed E-state index contributed by atoms with van der Waals surface area (Å²) in [6, 6.07) is 4.36. The second-order valence-corrected chi connectivity index (χ2v) is 11.0. The first kappa shape index (κ1) is 23.7. The van der Waals surface area contributed by atoms with Gasteiger partial charge in [0.05, 0.1) is 12.3 Å². The first-order chi connectivity index (χ1) is 14.6. The predicted molar refractivity (Wildman–Crippen MR) is 118 cm³/mol. The van der Waals surface area contributed by atoms with Crippen molar-refractivity contribution in [1.82, 2.24) is 9.62 Å². The Morgan fingerprint density at radius 1 is 1.23 bits per heavy atom. The number of amides is 2. The zero-order valence-electron chi connectivity index (χ0n) is 18.5. The Morgan fingerprint density at radius 2 is 1.87 bits per heavy atom. The van der Waals surface area contributed by atoms with Gasteiger partial charge < -0.3 is 5.32 Å². The number of hydrogen-bond donors (Lipinski definition) is 1. The van der Waals surface area contributed by atoms with Crippen LogP contribution in [0.2, 0.25) is 0 Å². The lowest BCUT2D eigenvalue weighted by molar-refractivity contribution is -0.133. The highest BCUT2D eigenvalue weighted by Gasteiger charge is 2.51. The normalized spacial score (nSPS) is 24.1. The average Bonchev–Trinajstić information content (AvgIpc) is 2.98. The summed E-state index contributed by atoms with van der Waals surface area (Å²) in [7, 11) is -3.69. The van der Waals surface area contributed by atoms with E-state index in [0.29, 0.717) is 5.56 Å². The summed E-state index contributed by atoms with van der Waals surface area (Å²) < 4.78 is 40.5. The van der Waals surface area contributed by atoms with Gasteiger partial charge in [-0.3, -0.25) is 14.5 Å². The summed E-state index contributed by atoms with van der Waals surface area (Å²) >= 11 is 0. The molecule has 1 heterocycles. The number of nitrogens with one attached hydrogen (secondary N) is 1. The molecule has 7 nitrogen and oxygen atoms in total. The molecule has 1 aliphatic heterocycles. The quantitative estimate of drug-likeness (QED) is 0.695. The Balaban J connectivity index is 1.99. The minimum Gasteiger partial charge on any atom is -0.351 e. The van der Waals surface area contributed by atoms with Crippen molar-refractivity contribution < 1.29 is 22.4 Å². The Morgan fingerprint density at radius 3 is 2.45 bits per heavy atom. The van der Waals surface area contributed by atoms with Crippen LogP contribution in [0.1, 0.15) is 57.9 Å². The maximum absolute atomic E-state index is 14.3. The molecule has 1 N–H and O–H groups in total. The number of piperazine rings is 1. The molecule has 1 atom stereocenters. The lowest BCUT2D eigenvalue weighted by Crippen LogP contribution is -2.70. The Bertz CT molecular complexity index is 944. The fourth-order valence-corrected chi connectivity index (χ4v) is 5.55. The van der Waals surface area contributed by atoms with Crippen molar-refractivity contribution >= 4 is 27.5 Å². The third-order valence-corrected chi connectivity index (χ3v) is 8.16. The molecule has 1 aromatic carbocycles. The number of nitrogens with zero attached hydrogens (tertiary/aromatic N) is 2. The lowest BCUT2D eigenvalue weighted by Gasteiger charge is -2.47. The Labute approximate surface area is 184 Å². The van der Waals surface area contributed by atoms with Crippen LogP contribution in [0, 0.1) is 12.7 Å². The van der Waals surface area contributed by atoms with E-state index in [4.69, 9.17) is 0 Å². The second kappa shape index (κ2) is 9.24. The van der Waals surface area contributed by atoms with Gasteiger partial charge in [-0.15, -0.1) is 0 Å². The number of carbonyl (C=O) groups is 2. The smallest absolute Gasteiger partial charge is 0.247 e. The number of benzene rings is 1. The fraction of sp³-hybridized carbons (Fsp3) is 0.636. The largest absolute Gasteiger partial charge is 0.351 e. The molecular weight excluding hydrogens is 421 g/mol. The van der Waals surface area contributed by atoms with E-state index < -0.39 is 33.2 Å². The van der Waals surface area contributed by atoms with E-state index in [1.165, 1.54) is 17.9 Å². The lowest BCUT2D eigenvalue weighted by atomic mass is 9.93. The molecular formula is C22H32FN3O4S. The number of carbonyl (C=O) groups excluding carboxylic acids is 2. The van der Waals surface area contributed by atoms with Gasteiger partial charge in [0.25, 0.3) is 0 Å². The van der Waals surface area contributed by atoms with Gasteiger partial charge >= 0.3 is 0 Å². The molecule has 0 aromatic heterocycles. The molecule has 2 amide bonds. The molecule has 1 aliphatic carbocycles. The molecule has 3 rings (SSSR count). The highest BCUT2D eigenvalue weighted by atomic mass is 32.2. The van der Waals surface area contributed by atoms with E-state index in [1.807, 2.05) is 0 Å². The SMILES string of the molecule is CCS(=O)(=O)N1CC(=O)N(c2ccc(C)c(F)c2)C(C)(C(=O)NC2CCCCCC2)C1. The average molecular weight is 454 g/mol. The van der Waals surface area contributed by atoms with E-state index in [9.17, 15) is 22.4 Å². The number of halogens is 1. The molecule has 2 fully saturated rings. The minimum absolute atomic E-state index is 0.0170. The molecule has 2 aliphatic rings. The van der Waals surface area contributed by atoms with Crippen molar-refractivity contribution in [3.63, 3.8) is 0 Å². The molecule has 0 radical (unpaired) electrons. The zero-order chi connectivity index (χ0) is 22.8. The van der Waals surface area contributed by atoms with Crippen LogP contribution >= 0.6 is 0 Å². The third-order valence-electron chi connectivity index (χ3n) is 6.39. The highest BCUT2D eigenvalue weighted by molar-refractivity contribution is 7.89. The van der Waals surface area contributed by atoms with Gasteiger partial charge in [-0.05, 0) is 51.3 Å². The summed E-state index contributed by atoms with van der Waals surface area (Å²) in [6.45, 7) is 4.13. The van der Waals surface area contributed by atoms with Crippen LogP contribution in [0.4, 0.5) is 10.1 Å². The van der Waals surface area contributed by atoms with Crippen molar-refractivity contribution in [2.45, 2.75) is 70.9 Å². The van der Waals surface area contributed by atoms with Gasteiger partial charge in [-0.2, -0.15) is 4.31 Å². The van der Waals surface area contributed by atoms with Gasteiger partial charge in [0, 0.05) is 18.3 Å². The summed E-state index contributed by atoms with van der Waals surface area (Å²) in [5, 5.41) is 3.06. The van der Waals surface area contributed by atoms with E-state index in [1.54, 1.807) is 26.0 Å². The molecule has 1 aromatic rings. The zero-order valence-corrected chi connectivity index (χ0v) is 19.3. The van der Waals surface area contributed by atoms with Gasteiger partial charge in [0.15, 0.2) is 0 Å². The van der Waals surface area contributed by atoms with Crippen LogP contribution in [-0.2, 0) is 19.6 Å². The Hall–Kier alpha value is -2.00. The highest BCUT2D eigenvalue weighted by Crippen LogP contribution is 2.32. The van der Waals surface area contributed by atoms with Crippen molar-refractivity contribution in [3.8, 4) is 0 Å². The van der Waals surface area contributed by atoms with Crippen molar-refractivity contribution in [1.29, 1.82) is 0 Å². The van der Waals surface area contributed by atoms with Crippen LogP contribution in [0.25, 0.3) is 0 Å². The van der Waals surface area contributed by atoms with Crippen LogP contribution in [0.3, 0.4) is 0 Å². The molecule has 1 unspecified atom stereocenters. The third kappa shape index (κ3) is 4.92. The molecule has 1 saturated carbocycles. The van der Waals surface area contributed by atoms with Crippen molar-refractivity contribution in [2.75, 3.05) is 23.7 Å². The van der Waals surface area contributed by atoms with E-state index in [-0.39, 0.29) is 30.6 Å². The monoisotopic (exact) mass is 453 g/mol. The van der Waals surface area contributed by atoms with Crippen LogP contribution in [-0.4, -0.2) is 55.0 Å². The maximum Gasteiger partial charge on any atom is 0.247 e. The maximum atomic E-state index is 14.3. The van der Waals surface area contributed by atoms with Crippen LogP contribution < -0.4 is 10.2 Å². The fourth-order valence-electron chi connectivity index (χ4n) is 4.43. The minimum atomic E-state index is -3.69. The molecule has 1 saturated heterocycles. The summed E-state index contributed by atoms with van der Waals surface area (Å²) in [5.41, 5.74) is -0.820. The van der Waals surface area contributed by atoms with Crippen molar-refractivity contribution in [2.24, 2.45) is 0 Å². The molecule has 0 spiro atoms. The van der Waals surface area contributed by atoms with Gasteiger partial charge in [-0.1, -0.05) is 31.7 Å². The van der Waals surface area contributed by atoms with Gasteiger partial charge in [-0.25, -0.2) is 12.8 Å². The number of aryl methyl sites for hydroxylation is 1. The topological polar surface area (TPSA) is 86.8 Å². The number of hydrogen-bond acceptors (Lipinski definition) is 4. The van der Waals surface area contributed by atoms with Gasteiger partial charge in [0.1, 0.15) is 11.4 Å². The van der Waals surface area contributed by atoms with Gasteiger partial charge in [0.2, 0.25) is 21.8 Å². The molecule has 31 heavy (non-hydrogen) atoms. The van der Waals surface area contributed by atoms with E-state index in [2.05, 4.69) is 5.32 Å². The first-order valence-corrected chi connectivity index (χ1v) is 12.6. The summed E-state index contributed by atoms with van der Waals surface area (Å²) in [4.78, 5) is 27.9. The Kier molecular flexibility index (Phi) is 7.05. The molecule has 0 bridgehead atoms. The predicted octanol–water partition coefficient (Wildman–Crippen LogP) is 2.73. The first-order valence-electron chi connectivity index (χ1n) is 11.0. The summed E-state index contributed by atoms with van der Waals surface area (Å²) in [6.07, 6.45) is 5.99. The van der Waals surface area contributed by atoms with E-state index >= 15 is 0 Å².